The van der Waals surface area contributed by atoms with Crippen molar-refractivity contribution in [2.45, 2.75) is 32.1 Å². The van der Waals surface area contributed by atoms with Crippen molar-refractivity contribution < 1.29 is 9.47 Å². The van der Waals surface area contributed by atoms with Crippen LogP contribution in [0.1, 0.15) is 31.2 Å². The van der Waals surface area contributed by atoms with Crippen LogP contribution in [0, 0.1) is 0 Å². The summed E-state index contributed by atoms with van der Waals surface area (Å²) in [6, 6.07) is 5.88. The first-order valence-corrected chi connectivity index (χ1v) is 8.00. The third kappa shape index (κ3) is 6.08. The molecule has 1 aromatic rings. The van der Waals surface area contributed by atoms with Gasteiger partial charge in [-0.25, -0.2) is 0 Å². The lowest BCUT2D eigenvalue weighted by Gasteiger charge is -2.27. The summed E-state index contributed by atoms with van der Waals surface area (Å²) >= 11 is 0. The molecule has 0 unspecified atom stereocenters. The minimum absolute atomic E-state index is 0. The number of piperidine rings is 1. The van der Waals surface area contributed by atoms with E-state index in [1.165, 1.54) is 19.3 Å². The van der Waals surface area contributed by atoms with Crippen LogP contribution >= 0.6 is 24.0 Å². The molecule has 0 bridgehead atoms. The number of ether oxygens (including phenoxy) is 2. The van der Waals surface area contributed by atoms with Gasteiger partial charge in [0, 0.05) is 19.6 Å². The van der Waals surface area contributed by atoms with Gasteiger partial charge in [0.2, 0.25) is 0 Å². The van der Waals surface area contributed by atoms with Gasteiger partial charge >= 0.3 is 0 Å². The summed E-state index contributed by atoms with van der Waals surface area (Å²) < 4.78 is 10.7. The number of nitrogens with zero attached hydrogens (tertiary/aromatic N) is 2. The Morgan fingerprint density at radius 2 is 1.91 bits per heavy atom. The van der Waals surface area contributed by atoms with Gasteiger partial charge in [0.25, 0.3) is 0 Å². The predicted octanol–water partition coefficient (Wildman–Crippen LogP) is 3.06. The van der Waals surface area contributed by atoms with E-state index in [-0.39, 0.29) is 24.0 Å². The molecule has 2 N–H and O–H groups in total. The van der Waals surface area contributed by atoms with Gasteiger partial charge in [-0.2, -0.15) is 0 Å². The number of aryl methyl sites for hydroxylation is 1. The van der Waals surface area contributed by atoms with E-state index in [0.717, 1.165) is 49.5 Å². The van der Waals surface area contributed by atoms with Crippen molar-refractivity contribution in [3.63, 3.8) is 0 Å². The zero-order valence-corrected chi connectivity index (χ0v) is 16.4. The summed E-state index contributed by atoms with van der Waals surface area (Å²) in [4.78, 5) is 6.70. The van der Waals surface area contributed by atoms with Gasteiger partial charge < -0.3 is 20.1 Å². The average Bonchev–Trinajstić information content (AvgIpc) is 2.59. The highest BCUT2D eigenvalue weighted by Crippen LogP contribution is 2.25. The maximum absolute atomic E-state index is 6.06. The average molecular weight is 433 g/mol. The van der Waals surface area contributed by atoms with Gasteiger partial charge in [-0.1, -0.05) is 0 Å². The number of rotatable bonds is 6. The summed E-state index contributed by atoms with van der Waals surface area (Å²) in [7, 11) is 3.37. The minimum Gasteiger partial charge on any atom is -0.497 e. The fourth-order valence-corrected chi connectivity index (χ4v) is 2.76. The van der Waals surface area contributed by atoms with Crippen LogP contribution in [0.2, 0.25) is 0 Å². The van der Waals surface area contributed by atoms with Crippen molar-refractivity contribution in [2.24, 2.45) is 10.7 Å². The molecule has 0 radical (unpaired) electrons. The fraction of sp³-hybridized carbons (Fsp3) is 0.588. The Morgan fingerprint density at radius 3 is 2.57 bits per heavy atom. The number of halogens is 1. The Bertz CT molecular complexity index is 503. The second-order valence-corrected chi connectivity index (χ2v) is 5.57. The molecule has 1 heterocycles. The highest BCUT2D eigenvalue weighted by atomic mass is 127. The van der Waals surface area contributed by atoms with E-state index in [9.17, 15) is 0 Å². The summed E-state index contributed by atoms with van der Waals surface area (Å²) in [6.07, 6.45) is 5.59. The van der Waals surface area contributed by atoms with Crippen LogP contribution in [0.25, 0.3) is 0 Å². The zero-order valence-electron chi connectivity index (χ0n) is 14.1. The van der Waals surface area contributed by atoms with Gasteiger partial charge in [0.1, 0.15) is 11.5 Å². The molecule has 0 aromatic heterocycles. The topological polar surface area (TPSA) is 60.1 Å². The normalized spacial score (nSPS) is 15.0. The number of likely N-dealkylation sites (tertiary alicyclic amines) is 1. The van der Waals surface area contributed by atoms with E-state index in [1.54, 1.807) is 14.2 Å². The highest BCUT2D eigenvalue weighted by molar-refractivity contribution is 14.0. The Hall–Kier alpha value is -1.18. The van der Waals surface area contributed by atoms with E-state index in [0.29, 0.717) is 5.96 Å². The van der Waals surface area contributed by atoms with Crippen LogP contribution in [0.4, 0.5) is 0 Å². The third-order valence-electron chi connectivity index (χ3n) is 4.05. The van der Waals surface area contributed by atoms with Gasteiger partial charge in [-0.3, -0.25) is 4.99 Å². The van der Waals surface area contributed by atoms with Gasteiger partial charge in [-0.05, 0) is 55.9 Å². The number of hydrogen-bond donors (Lipinski definition) is 1. The van der Waals surface area contributed by atoms with E-state index in [4.69, 9.17) is 15.2 Å². The molecule has 1 aromatic carbocycles. The van der Waals surface area contributed by atoms with Gasteiger partial charge in [0.05, 0.1) is 14.2 Å². The number of aliphatic imine (C=N–C) groups is 1. The molecular weight excluding hydrogens is 405 g/mol. The van der Waals surface area contributed by atoms with Crippen LogP contribution in [0.5, 0.6) is 11.5 Å². The SMILES string of the molecule is COc1ccc(OC)c(CCCN=C(N)N2CCCCC2)c1.I. The molecule has 0 aliphatic carbocycles. The molecule has 23 heavy (non-hydrogen) atoms. The molecule has 1 fully saturated rings. The molecule has 2 rings (SSSR count). The summed E-state index contributed by atoms with van der Waals surface area (Å²) in [5, 5.41) is 0. The second kappa shape index (κ2) is 10.6. The number of nitrogens with two attached hydrogens (primary N) is 1. The lowest BCUT2D eigenvalue weighted by Crippen LogP contribution is -2.40. The van der Waals surface area contributed by atoms with Crippen molar-refractivity contribution in [1.29, 1.82) is 0 Å². The Kier molecular flexibility index (Phi) is 9.13. The minimum atomic E-state index is 0. The maximum Gasteiger partial charge on any atom is 0.191 e. The molecule has 0 saturated carbocycles. The van der Waals surface area contributed by atoms with Crippen molar-refractivity contribution in [3.05, 3.63) is 23.8 Å². The fourth-order valence-electron chi connectivity index (χ4n) is 2.76. The molecule has 1 aliphatic rings. The summed E-state index contributed by atoms with van der Waals surface area (Å²) in [6.45, 7) is 2.82. The van der Waals surface area contributed by atoms with E-state index >= 15 is 0 Å². The third-order valence-corrected chi connectivity index (χ3v) is 4.05. The quantitative estimate of drug-likeness (QED) is 0.324. The van der Waals surface area contributed by atoms with Crippen molar-refractivity contribution in [3.8, 4) is 11.5 Å². The number of methoxy groups -OCH3 is 2. The Morgan fingerprint density at radius 1 is 1.17 bits per heavy atom. The Balaban J connectivity index is 0.00000264. The lowest BCUT2D eigenvalue weighted by atomic mass is 10.1. The molecule has 5 nitrogen and oxygen atoms in total. The summed E-state index contributed by atoms with van der Waals surface area (Å²) in [5.41, 5.74) is 7.21. The van der Waals surface area contributed by atoms with Gasteiger partial charge in [-0.15, -0.1) is 24.0 Å². The number of benzene rings is 1. The molecule has 0 amide bonds. The summed E-state index contributed by atoms with van der Waals surface area (Å²) in [5.74, 6) is 2.44. The van der Waals surface area contributed by atoms with Crippen LogP contribution < -0.4 is 15.2 Å². The van der Waals surface area contributed by atoms with Crippen molar-refractivity contribution >= 4 is 29.9 Å². The molecule has 0 atom stereocenters. The van der Waals surface area contributed by atoms with Crippen LogP contribution in [0.15, 0.2) is 23.2 Å². The first kappa shape index (κ1) is 19.9. The second-order valence-electron chi connectivity index (χ2n) is 5.57. The first-order valence-electron chi connectivity index (χ1n) is 8.00. The highest BCUT2D eigenvalue weighted by Gasteiger charge is 2.11. The zero-order chi connectivity index (χ0) is 15.8. The largest absolute Gasteiger partial charge is 0.497 e. The Labute approximate surface area is 156 Å². The molecule has 1 saturated heterocycles. The molecule has 1 aliphatic heterocycles. The van der Waals surface area contributed by atoms with Crippen molar-refractivity contribution in [2.75, 3.05) is 33.9 Å². The molecular formula is C17H28IN3O2. The van der Waals surface area contributed by atoms with E-state index in [1.807, 2.05) is 18.2 Å². The molecule has 6 heteroatoms. The van der Waals surface area contributed by atoms with Crippen molar-refractivity contribution in [1.82, 2.24) is 4.90 Å². The first-order chi connectivity index (χ1) is 10.7. The smallest absolute Gasteiger partial charge is 0.191 e. The predicted molar refractivity (Wildman–Crippen MR) is 105 cm³/mol. The molecule has 0 spiro atoms. The lowest BCUT2D eigenvalue weighted by molar-refractivity contribution is 0.338. The molecule has 130 valence electrons. The van der Waals surface area contributed by atoms with Crippen LogP contribution in [-0.2, 0) is 6.42 Å². The van der Waals surface area contributed by atoms with E-state index < -0.39 is 0 Å². The van der Waals surface area contributed by atoms with Crippen LogP contribution in [-0.4, -0.2) is 44.7 Å². The monoisotopic (exact) mass is 433 g/mol. The number of guanidine groups is 1. The standard InChI is InChI=1S/C17H27N3O2.HI/c1-21-15-8-9-16(22-2)14(13-15)7-6-10-19-17(18)20-11-4-3-5-12-20;/h8-9,13H,3-7,10-12H2,1-2H3,(H2,18,19);1H. The maximum atomic E-state index is 6.06. The number of hydrogen-bond acceptors (Lipinski definition) is 3. The van der Waals surface area contributed by atoms with E-state index in [2.05, 4.69) is 9.89 Å². The van der Waals surface area contributed by atoms with Crippen LogP contribution in [0.3, 0.4) is 0 Å². The van der Waals surface area contributed by atoms with Gasteiger partial charge in [0.15, 0.2) is 5.96 Å².